The van der Waals surface area contributed by atoms with Crippen LogP contribution in [0.1, 0.15) is 26.3 Å². The van der Waals surface area contributed by atoms with Crippen LogP contribution in [-0.2, 0) is 6.18 Å². The first-order chi connectivity index (χ1) is 14.6. The number of halogens is 6. The van der Waals surface area contributed by atoms with Gasteiger partial charge < -0.3 is 4.74 Å². The van der Waals surface area contributed by atoms with Crippen molar-refractivity contribution >= 4 is 33.4 Å². The summed E-state index contributed by atoms with van der Waals surface area (Å²) in [6, 6.07) is 10.4. The maximum Gasteiger partial charge on any atom is 0.416 e. The minimum Gasteiger partial charge on any atom is -0.448 e. The Morgan fingerprint density at radius 2 is 1.35 bits per heavy atom. The summed E-state index contributed by atoms with van der Waals surface area (Å²) < 4.78 is 72.4. The second-order valence-corrected chi connectivity index (χ2v) is 7.30. The molecule has 0 spiro atoms. The van der Waals surface area contributed by atoms with E-state index in [1.54, 1.807) is 12.1 Å². The Morgan fingerprint density at radius 1 is 0.806 bits per heavy atom. The molecule has 3 aromatic rings. The Morgan fingerprint density at radius 3 is 1.87 bits per heavy atom. The summed E-state index contributed by atoms with van der Waals surface area (Å²) in [7, 11) is 0. The number of fused-ring (bicyclic) bond motifs is 1. The van der Waals surface area contributed by atoms with Crippen molar-refractivity contribution in [3.63, 3.8) is 0 Å². The number of benzene rings is 3. The number of hydrogen-bond acceptors (Lipinski definition) is 3. The number of nitrogens with zero attached hydrogens (tertiary/aromatic N) is 1. The Balaban J connectivity index is 1.80. The van der Waals surface area contributed by atoms with Gasteiger partial charge in [-0.3, -0.25) is 9.59 Å². The number of rotatable bonds is 3. The second-order valence-electron chi connectivity index (χ2n) is 6.45. The van der Waals surface area contributed by atoms with Gasteiger partial charge in [0, 0.05) is 0 Å². The number of para-hydroxylation sites is 1. The van der Waals surface area contributed by atoms with Crippen LogP contribution in [0.25, 0.3) is 0 Å². The maximum absolute atomic E-state index is 14.3. The molecule has 0 atom stereocenters. The minimum absolute atomic E-state index is 0.0942. The van der Waals surface area contributed by atoms with Crippen molar-refractivity contribution < 1.29 is 36.3 Å². The zero-order chi connectivity index (χ0) is 22.5. The summed E-state index contributed by atoms with van der Waals surface area (Å²) in [4.78, 5) is 26.3. The number of carbonyl (C=O) groups is 2. The molecule has 0 bridgehead atoms. The first-order valence-electron chi connectivity index (χ1n) is 8.60. The first kappa shape index (κ1) is 21.0. The standard InChI is InChI=1S/C21H9BrF5NO3/c22-13-6-3-7-16(28-19(29)11-4-1-2-5-12(11)20(28)30)17(13)31-18-14(23)8-10(9-15(18)24)21(25,26)27/h1-9H. The zero-order valence-electron chi connectivity index (χ0n) is 15.1. The lowest BCUT2D eigenvalue weighted by Crippen LogP contribution is -2.29. The van der Waals surface area contributed by atoms with Crippen LogP contribution in [0.2, 0.25) is 0 Å². The van der Waals surface area contributed by atoms with Gasteiger partial charge in [-0.05, 0) is 52.3 Å². The highest BCUT2D eigenvalue weighted by molar-refractivity contribution is 9.10. The Labute approximate surface area is 180 Å². The van der Waals surface area contributed by atoms with Gasteiger partial charge >= 0.3 is 6.18 Å². The average Bonchev–Trinajstić information content (AvgIpc) is 2.95. The van der Waals surface area contributed by atoms with Gasteiger partial charge in [0.1, 0.15) is 0 Å². The fourth-order valence-corrected chi connectivity index (χ4v) is 3.54. The quantitative estimate of drug-likeness (QED) is 0.313. The van der Waals surface area contributed by atoms with Crippen LogP contribution < -0.4 is 9.64 Å². The van der Waals surface area contributed by atoms with E-state index in [9.17, 15) is 31.5 Å². The third kappa shape index (κ3) is 3.56. The van der Waals surface area contributed by atoms with Crippen molar-refractivity contribution in [2.75, 3.05) is 4.90 Å². The number of alkyl halides is 3. The summed E-state index contributed by atoms with van der Waals surface area (Å²) in [6.07, 6.45) is -4.96. The molecule has 0 unspecified atom stereocenters. The van der Waals surface area contributed by atoms with Crippen molar-refractivity contribution in [3.8, 4) is 11.5 Å². The number of hydrogen-bond donors (Lipinski definition) is 0. The van der Waals surface area contributed by atoms with Gasteiger partial charge in [0.15, 0.2) is 23.1 Å². The summed E-state index contributed by atoms with van der Waals surface area (Å²) in [6.45, 7) is 0. The van der Waals surface area contributed by atoms with Crippen molar-refractivity contribution in [1.29, 1.82) is 0 Å². The summed E-state index contributed by atoms with van der Waals surface area (Å²) in [5.41, 5.74) is -1.41. The molecule has 31 heavy (non-hydrogen) atoms. The number of carbonyl (C=O) groups excluding carboxylic acids is 2. The number of amides is 2. The molecule has 2 amide bonds. The first-order valence-corrected chi connectivity index (χ1v) is 9.39. The van der Waals surface area contributed by atoms with Gasteiger partial charge in [0.05, 0.1) is 26.9 Å². The molecule has 1 heterocycles. The molecule has 158 valence electrons. The highest BCUT2D eigenvalue weighted by Gasteiger charge is 2.39. The molecule has 10 heteroatoms. The van der Waals surface area contributed by atoms with E-state index in [1.807, 2.05) is 0 Å². The molecule has 3 aromatic carbocycles. The van der Waals surface area contributed by atoms with Crippen LogP contribution in [0.15, 0.2) is 59.1 Å². The van der Waals surface area contributed by atoms with E-state index in [0.717, 1.165) is 4.90 Å². The van der Waals surface area contributed by atoms with E-state index in [1.165, 1.54) is 30.3 Å². The third-order valence-electron chi connectivity index (χ3n) is 4.51. The fraction of sp³-hybridized carbons (Fsp3) is 0.0476. The number of imide groups is 1. The van der Waals surface area contributed by atoms with Crippen LogP contribution in [0, 0.1) is 11.6 Å². The monoisotopic (exact) mass is 497 g/mol. The average molecular weight is 498 g/mol. The molecule has 0 N–H and O–H groups in total. The van der Waals surface area contributed by atoms with Gasteiger partial charge in [-0.15, -0.1) is 0 Å². The van der Waals surface area contributed by atoms with Crippen LogP contribution in [0.5, 0.6) is 11.5 Å². The molecule has 1 aliphatic rings. The topological polar surface area (TPSA) is 46.6 Å². The predicted octanol–water partition coefficient (Wildman–Crippen LogP) is 6.34. The minimum atomic E-state index is -4.96. The fourth-order valence-electron chi connectivity index (χ4n) is 3.11. The van der Waals surface area contributed by atoms with E-state index < -0.39 is 40.9 Å². The highest BCUT2D eigenvalue weighted by atomic mass is 79.9. The lowest BCUT2D eigenvalue weighted by Gasteiger charge is -2.20. The smallest absolute Gasteiger partial charge is 0.416 e. The Kier molecular flexibility index (Phi) is 5.04. The Bertz CT molecular complexity index is 1180. The SMILES string of the molecule is O=C1c2ccccc2C(=O)N1c1cccc(Br)c1Oc1c(F)cc(C(F)(F)F)cc1F. The lowest BCUT2D eigenvalue weighted by molar-refractivity contribution is -0.138. The molecule has 1 aliphatic heterocycles. The van der Waals surface area contributed by atoms with E-state index >= 15 is 0 Å². The largest absolute Gasteiger partial charge is 0.448 e. The maximum atomic E-state index is 14.3. The molecule has 0 aromatic heterocycles. The van der Waals surface area contributed by atoms with Gasteiger partial charge in [0.2, 0.25) is 0 Å². The summed E-state index contributed by atoms with van der Waals surface area (Å²) in [5.74, 6) is -6.01. The molecular weight excluding hydrogens is 489 g/mol. The van der Waals surface area contributed by atoms with E-state index in [-0.39, 0.29) is 39.2 Å². The third-order valence-corrected chi connectivity index (χ3v) is 5.14. The number of anilines is 1. The summed E-state index contributed by atoms with van der Waals surface area (Å²) >= 11 is 3.12. The molecule has 0 saturated carbocycles. The van der Waals surface area contributed by atoms with Gasteiger partial charge in [-0.25, -0.2) is 13.7 Å². The molecule has 0 radical (unpaired) electrons. The lowest BCUT2D eigenvalue weighted by atomic mass is 10.1. The van der Waals surface area contributed by atoms with Crippen LogP contribution in [0.4, 0.5) is 27.6 Å². The molecule has 4 nitrogen and oxygen atoms in total. The van der Waals surface area contributed by atoms with E-state index in [0.29, 0.717) is 0 Å². The van der Waals surface area contributed by atoms with Crippen LogP contribution >= 0.6 is 15.9 Å². The molecule has 0 fully saturated rings. The van der Waals surface area contributed by atoms with Crippen molar-refractivity contribution in [2.24, 2.45) is 0 Å². The van der Waals surface area contributed by atoms with Crippen LogP contribution in [0.3, 0.4) is 0 Å². The molecule has 0 aliphatic carbocycles. The molecule has 0 saturated heterocycles. The van der Waals surface area contributed by atoms with Crippen molar-refractivity contribution in [2.45, 2.75) is 6.18 Å². The number of ether oxygens (including phenoxy) is 1. The van der Waals surface area contributed by atoms with Gasteiger partial charge in [-0.2, -0.15) is 13.2 Å². The zero-order valence-corrected chi connectivity index (χ0v) is 16.7. The normalized spacial score (nSPS) is 13.5. The van der Waals surface area contributed by atoms with Gasteiger partial charge in [0.25, 0.3) is 11.8 Å². The molecular formula is C21H9BrF5NO3. The second kappa shape index (κ2) is 7.45. The predicted molar refractivity (Wildman–Crippen MR) is 103 cm³/mol. The van der Waals surface area contributed by atoms with Crippen molar-refractivity contribution in [1.82, 2.24) is 0 Å². The highest BCUT2D eigenvalue weighted by Crippen LogP contribution is 2.43. The van der Waals surface area contributed by atoms with Gasteiger partial charge in [-0.1, -0.05) is 18.2 Å². The van der Waals surface area contributed by atoms with E-state index in [2.05, 4.69) is 15.9 Å². The molecule has 4 rings (SSSR count). The Hall–Kier alpha value is -3.27. The van der Waals surface area contributed by atoms with E-state index in [4.69, 9.17) is 4.74 Å². The van der Waals surface area contributed by atoms with Crippen molar-refractivity contribution in [3.05, 3.63) is 87.4 Å². The summed E-state index contributed by atoms with van der Waals surface area (Å²) in [5, 5.41) is 0. The van der Waals surface area contributed by atoms with Crippen LogP contribution in [-0.4, -0.2) is 11.8 Å².